The zero-order valence-corrected chi connectivity index (χ0v) is 13.1. The number of hydrogen-bond donors (Lipinski definition) is 1. The molecule has 18 heavy (non-hydrogen) atoms. The van der Waals surface area contributed by atoms with Crippen LogP contribution in [0.25, 0.3) is 0 Å². The molecule has 1 unspecified atom stereocenters. The molecule has 2 nitrogen and oxygen atoms in total. The van der Waals surface area contributed by atoms with Gasteiger partial charge in [-0.05, 0) is 42.4 Å². The highest BCUT2D eigenvalue weighted by atomic mass is 35.5. The smallest absolute Gasteiger partial charge is 0.125 e. The fourth-order valence-electron chi connectivity index (χ4n) is 2.07. The van der Waals surface area contributed by atoms with Gasteiger partial charge in [0.25, 0.3) is 0 Å². The molecule has 0 radical (unpaired) electrons. The van der Waals surface area contributed by atoms with E-state index in [1.807, 2.05) is 6.92 Å². The molecule has 0 saturated carbocycles. The van der Waals surface area contributed by atoms with Crippen molar-refractivity contribution in [3.8, 4) is 5.75 Å². The van der Waals surface area contributed by atoms with Gasteiger partial charge in [-0.15, -0.1) is 12.4 Å². The first-order valence-electron chi connectivity index (χ1n) is 6.19. The van der Waals surface area contributed by atoms with Crippen molar-refractivity contribution in [1.82, 2.24) is 0 Å². The van der Waals surface area contributed by atoms with E-state index in [-0.39, 0.29) is 23.9 Å². The molecule has 0 spiro atoms. The standard InChI is InChI=1S/C15H25NO.ClH/c1-10-7-13(15(3,4)5)9-12(8-11(2)16)14(10)17-6;/h7,9,11H,8,16H2,1-6H3;1H. The second kappa shape index (κ2) is 6.44. The van der Waals surface area contributed by atoms with Crippen molar-refractivity contribution in [2.24, 2.45) is 5.73 Å². The summed E-state index contributed by atoms with van der Waals surface area (Å²) >= 11 is 0. The first kappa shape index (κ1) is 17.3. The maximum absolute atomic E-state index is 5.90. The van der Waals surface area contributed by atoms with E-state index >= 15 is 0 Å². The fraction of sp³-hybridized carbons (Fsp3) is 0.600. The first-order valence-corrected chi connectivity index (χ1v) is 6.19. The van der Waals surface area contributed by atoms with Gasteiger partial charge < -0.3 is 10.5 Å². The highest BCUT2D eigenvalue weighted by Gasteiger charge is 2.18. The number of nitrogens with two attached hydrogens (primary N) is 1. The Morgan fingerprint density at radius 3 is 2.22 bits per heavy atom. The second-order valence-electron chi connectivity index (χ2n) is 5.92. The number of aryl methyl sites for hydroxylation is 1. The minimum Gasteiger partial charge on any atom is -0.496 e. The fourth-order valence-corrected chi connectivity index (χ4v) is 2.07. The van der Waals surface area contributed by atoms with Gasteiger partial charge in [-0.3, -0.25) is 0 Å². The SMILES string of the molecule is COc1c(C)cc(C(C)(C)C)cc1CC(C)N.Cl. The van der Waals surface area contributed by atoms with E-state index in [0.29, 0.717) is 0 Å². The van der Waals surface area contributed by atoms with E-state index in [4.69, 9.17) is 10.5 Å². The van der Waals surface area contributed by atoms with Crippen molar-refractivity contribution < 1.29 is 4.74 Å². The van der Waals surface area contributed by atoms with Crippen LogP contribution in [0.4, 0.5) is 0 Å². The van der Waals surface area contributed by atoms with Crippen LogP contribution >= 0.6 is 12.4 Å². The van der Waals surface area contributed by atoms with Crippen molar-refractivity contribution in [2.75, 3.05) is 7.11 Å². The van der Waals surface area contributed by atoms with E-state index < -0.39 is 0 Å². The minimum atomic E-state index is 0. The summed E-state index contributed by atoms with van der Waals surface area (Å²) in [6, 6.07) is 4.59. The van der Waals surface area contributed by atoms with Crippen LogP contribution in [0.15, 0.2) is 12.1 Å². The Morgan fingerprint density at radius 2 is 1.83 bits per heavy atom. The van der Waals surface area contributed by atoms with Crippen molar-refractivity contribution in [2.45, 2.75) is 52.5 Å². The van der Waals surface area contributed by atoms with E-state index in [1.165, 1.54) is 16.7 Å². The molecule has 104 valence electrons. The number of hydrogen-bond acceptors (Lipinski definition) is 2. The van der Waals surface area contributed by atoms with Crippen LogP contribution in [0.2, 0.25) is 0 Å². The maximum atomic E-state index is 5.90. The highest BCUT2D eigenvalue weighted by molar-refractivity contribution is 5.85. The number of rotatable bonds is 3. The van der Waals surface area contributed by atoms with Gasteiger partial charge >= 0.3 is 0 Å². The largest absolute Gasteiger partial charge is 0.496 e. The van der Waals surface area contributed by atoms with Gasteiger partial charge in [0, 0.05) is 6.04 Å². The van der Waals surface area contributed by atoms with Crippen molar-refractivity contribution in [3.63, 3.8) is 0 Å². The number of benzene rings is 1. The Balaban J connectivity index is 0.00000289. The molecular formula is C15H26ClNO. The third-order valence-corrected chi connectivity index (χ3v) is 2.96. The van der Waals surface area contributed by atoms with Crippen LogP contribution in [-0.4, -0.2) is 13.2 Å². The quantitative estimate of drug-likeness (QED) is 0.911. The summed E-state index contributed by atoms with van der Waals surface area (Å²) in [7, 11) is 1.73. The molecule has 1 aromatic rings. The molecule has 0 aliphatic heterocycles. The molecule has 0 aliphatic carbocycles. The molecule has 2 N–H and O–H groups in total. The Bertz CT molecular complexity index is 394. The second-order valence-corrected chi connectivity index (χ2v) is 5.92. The summed E-state index contributed by atoms with van der Waals surface area (Å²) in [5, 5.41) is 0. The number of methoxy groups -OCH3 is 1. The molecule has 0 aliphatic rings. The summed E-state index contributed by atoms with van der Waals surface area (Å²) < 4.78 is 5.49. The zero-order valence-electron chi connectivity index (χ0n) is 12.3. The van der Waals surface area contributed by atoms with Crippen LogP contribution in [0.5, 0.6) is 5.75 Å². The Hall–Kier alpha value is -0.730. The average Bonchev–Trinajstić information content (AvgIpc) is 2.14. The van der Waals surface area contributed by atoms with Crippen LogP contribution in [0.1, 0.15) is 44.4 Å². The Labute approximate surface area is 117 Å². The van der Waals surface area contributed by atoms with Gasteiger partial charge in [0.05, 0.1) is 7.11 Å². The summed E-state index contributed by atoms with van der Waals surface area (Å²) in [6.45, 7) is 10.8. The lowest BCUT2D eigenvalue weighted by Gasteiger charge is -2.23. The molecule has 0 heterocycles. The van der Waals surface area contributed by atoms with E-state index in [1.54, 1.807) is 7.11 Å². The Morgan fingerprint density at radius 1 is 1.28 bits per heavy atom. The molecule has 0 amide bonds. The molecule has 3 heteroatoms. The van der Waals surface area contributed by atoms with Crippen molar-refractivity contribution >= 4 is 12.4 Å². The third kappa shape index (κ3) is 4.18. The summed E-state index contributed by atoms with van der Waals surface area (Å²) in [4.78, 5) is 0. The van der Waals surface area contributed by atoms with Gasteiger partial charge in [0.1, 0.15) is 5.75 Å². The molecule has 0 bridgehead atoms. The van der Waals surface area contributed by atoms with E-state index in [9.17, 15) is 0 Å². The minimum absolute atomic E-state index is 0. The first-order chi connectivity index (χ1) is 7.75. The average molecular weight is 272 g/mol. The summed E-state index contributed by atoms with van der Waals surface area (Å²) in [6.07, 6.45) is 0.855. The van der Waals surface area contributed by atoms with Gasteiger partial charge in [0.15, 0.2) is 0 Å². The lowest BCUT2D eigenvalue weighted by Crippen LogP contribution is -2.19. The molecule has 0 fully saturated rings. The predicted octanol–water partition coefficient (Wildman–Crippen LogP) is 3.61. The van der Waals surface area contributed by atoms with E-state index in [2.05, 4.69) is 39.8 Å². The molecule has 1 atom stereocenters. The van der Waals surface area contributed by atoms with Crippen LogP contribution in [0, 0.1) is 6.92 Å². The van der Waals surface area contributed by atoms with Crippen molar-refractivity contribution in [1.29, 1.82) is 0 Å². The number of ether oxygens (including phenoxy) is 1. The van der Waals surface area contributed by atoms with Gasteiger partial charge in [-0.2, -0.15) is 0 Å². The molecule has 1 rings (SSSR count). The van der Waals surface area contributed by atoms with Crippen LogP contribution in [0.3, 0.4) is 0 Å². The number of halogens is 1. The van der Waals surface area contributed by atoms with Crippen LogP contribution < -0.4 is 10.5 Å². The topological polar surface area (TPSA) is 35.2 Å². The Kier molecular flexibility index (Phi) is 6.18. The molecule has 0 saturated heterocycles. The zero-order chi connectivity index (χ0) is 13.2. The molecule has 1 aromatic carbocycles. The maximum Gasteiger partial charge on any atom is 0.125 e. The van der Waals surface area contributed by atoms with Gasteiger partial charge in [-0.25, -0.2) is 0 Å². The summed E-state index contributed by atoms with van der Waals surface area (Å²) in [5.74, 6) is 0.982. The molecular weight excluding hydrogens is 246 g/mol. The van der Waals surface area contributed by atoms with Gasteiger partial charge in [0.2, 0.25) is 0 Å². The lowest BCUT2D eigenvalue weighted by atomic mass is 9.84. The highest BCUT2D eigenvalue weighted by Crippen LogP contribution is 2.31. The van der Waals surface area contributed by atoms with E-state index in [0.717, 1.165) is 12.2 Å². The normalized spacial score (nSPS) is 12.8. The summed E-state index contributed by atoms with van der Waals surface area (Å²) in [5.41, 5.74) is 9.80. The predicted molar refractivity (Wildman–Crippen MR) is 81.0 cm³/mol. The lowest BCUT2D eigenvalue weighted by molar-refractivity contribution is 0.404. The molecule has 0 aromatic heterocycles. The van der Waals surface area contributed by atoms with Gasteiger partial charge in [-0.1, -0.05) is 32.9 Å². The van der Waals surface area contributed by atoms with Crippen LogP contribution in [-0.2, 0) is 11.8 Å². The third-order valence-electron chi connectivity index (χ3n) is 2.96. The monoisotopic (exact) mass is 271 g/mol. The van der Waals surface area contributed by atoms with Crippen molar-refractivity contribution in [3.05, 3.63) is 28.8 Å².